The molecule has 27 heavy (non-hydrogen) atoms. The number of rotatable bonds is 3. The smallest absolute Gasteiger partial charge is 0.181 e. The van der Waals surface area contributed by atoms with E-state index in [1.54, 1.807) is 7.11 Å². The van der Waals surface area contributed by atoms with Crippen LogP contribution < -0.4 is 15.2 Å². The highest BCUT2D eigenvalue weighted by Gasteiger charge is 2.28. The van der Waals surface area contributed by atoms with Gasteiger partial charge in [0, 0.05) is 5.56 Å². The van der Waals surface area contributed by atoms with Gasteiger partial charge in [-0.3, -0.25) is 0 Å². The maximum absolute atomic E-state index is 6.33. The number of hydrogen-bond acceptors (Lipinski definition) is 5. The lowest BCUT2D eigenvalue weighted by Gasteiger charge is -2.30. The quantitative estimate of drug-likeness (QED) is 0.648. The highest BCUT2D eigenvalue weighted by molar-refractivity contribution is 7.19. The molecule has 0 saturated carbocycles. The van der Waals surface area contributed by atoms with Gasteiger partial charge in [0.05, 0.1) is 23.2 Å². The molecule has 3 aromatic rings. The van der Waals surface area contributed by atoms with Crippen LogP contribution in [-0.2, 0) is 0 Å². The zero-order valence-electron chi connectivity index (χ0n) is 15.9. The predicted molar refractivity (Wildman–Crippen MR) is 112 cm³/mol. The van der Waals surface area contributed by atoms with E-state index in [1.807, 2.05) is 32.1 Å². The number of nitrogens with zero attached hydrogens (tertiary/aromatic N) is 1. The van der Waals surface area contributed by atoms with Crippen LogP contribution in [-0.4, -0.2) is 17.7 Å². The summed E-state index contributed by atoms with van der Waals surface area (Å²) in [6.45, 7) is 6.15. The number of benzene rings is 2. The maximum Gasteiger partial charge on any atom is 0.181 e. The van der Waals surface area contributed by atoms with Crippen molar-refractivity contribution in [2.24, 2.45) is 0 Å². The molecule has 0 saturated heterocycles. The second-order valence-electron chi connectivity index (χ2n) is 7.20. The van der Waals surface area contributed by atoms with Crippen molar-refractivity contribution in [3.05, 3.63) is 53.6 Å². The van der Waals surface area contributed by atoms with E-state index in [0.717, 1.165) is 38.8 Å². The van der Waals surface area contributed by atoms with E-state index in [4.69, 9.17) is 15.2 Å². The first-order chi connectivity index (χ1) is 12.9. The van der Waals surface area contributed by atoms with Crippen LogP contribution in [0.5, 0.6) is 11.5 Å². The van der Waals surface area contributed by atoms with Crippen molar-refractivity contribution in [3.63, 3.8) is 0 Å². The Bertz CT molecular complexity index is 1050. The lowest BCUT2D eigenvalue weighted by Crippen LogP contribution is -2.28. The summed E-state index contributed by atoms with van der Waals surface area (Å²) < 4.78 is 11.9. The Balaban J connectivity index is 1.95. The van der Waals surface area contributed by atoms with Gasteiger partial charge in [-0.2, -0.15) is 0 Å². The van der Waals surface area contributed by atoms with Gasteiger partial charge in [-0.05, 0) is 50.6 Å². The summed E-state index contributed by atoms with van der Waals surface area (Å²) in [5.41, 5.74) is 10.7. The van der Waals surface area contributed by atoms with Crippen LogP contribution in [0.3, 0.4) is 0 Å². The van der Waals surface area contributed by atoms with Gasteiger partial charge in [0.25, 0.3) is 0 Å². The van der Waals surface area contributed by atoms with Crippen LogP contribution in [0.15, 0.2) is 42.5 Å². The zero-order valence-corrected chi connectivity index (χ0v) is 16.7. The summed E-state index contributed by atoms with van der Waals surface area (Å²) >= 11 is 1.49. The molecule has 2 heterocycles. The van der Waals surface area contributed by atoms with E-state index in [9.17, 15) is 0 Å². The van der Waals surface area contributed by atoms with E-state index in [2.05, 4.69) is 42.2 Å². The lowest BCUT2D eigenvalue weighted by molar-refractivity contribution is 0.159. The number of thiazole rings is 1. The molecule has 1 aliphatic rings. The molecule has 0 amide bonds. The molecule has 0 fully saturated rings. The largest absolute Gasteiger partial charge is 0.496 e. The van der Waals surface area contributed by atoms with Crippen molar-refractivity contribution in [2.45, 2.75) is 26.4 Å². The lowest BCUT2D eigenvalue weighted by atomic mass is 9.96. The van der Waals surface area contributed by atoms with Crippen LogP contribution >= 0.6 is 11.3 Å². The van der Waals surface area contributed by atoms with E-state index < -0.39 is 5.60 Å². The third kappa shape index (κ3) is 3.19. The SMILES string of the molecule is COc1ccc(-c2nc(N)sc2-c2cccc(C)c2)c2c1C=CC(C)(C)O2. The highest BCUT2D eigenvalue weighted by Crippen LogP contribution is 2.47. The first kappa shape index (κ1) is 17.6. The number of fused-ring (bicyclic) bond motifs is 1. The first-order valence-corrected chi connectivity index (χ1v) is 9.62. The van der Waals surface area contributed by atoms with Crippen molar-refractivity contribution >= 4 is 22.5 Å². The molecular formula is C22H22N2O2S. The van der Waals surface area contributed by atoms with Crippen LogP contribution in [0.2, 0.25) is 0 Å². The van der Waals surface area contributed by atoms with Crippen LogP contribution in [0.1, 0.15) is 25.0 Å². The minimum atomic E-state index is -0.404. The van der Waals surface area contributed by atoms with E-state index in [0.29, 0.717) is 5.13 Å². The van der Waals surface area contributed by atoms with Crippen molar-refractivity contribution in [1.82, 2.24) is 4.98 Å². The van der Waals surface area contributed by atoms with Gasteiger partial charge in [0.1, 0.15) is 17.1 Å². The van der Waals surface area contributed by atoms with E-state index in [1.165, 1.54) is 16.9 Å². The molecule has 0 bridgehead atoms. The molecule has 138 valence electrons. The van der Waals surface area contributed by atoms with Crippen molar-refractivity contribution in [3.8, 4) is 33.2 Å². The molecule has 2 N–H and O–H groups in total. The number of methoxy groups -OCH3 is 1. The molecular weight excluding hydrogens is 356 g/mol. The Hall–Kier alpha value is -2.79. The minimum absolute atomic E-state index is 0.404. The number of ether oxygens (including phenoxy) is 2. The highest BCUT2D eigenvalue weighted by atomic mass is 32.1. The molecule has 2 aromatic carbocycles. The summed E-state index contributed by atoms with van der Waals surface area (Å²) in [7, 11) is 1.67. The predicted octanol–water partition coefficient (Wildman–Crippen LogP) is 5.56. The van der Waals surface area contributed by atoms with Gasteiger partial charge in [0.2, 0.25) is 0 Å². The van der Waals surface area contributed by atoms with Crippen molar-refractivity contribution in [1.29, 1.82) is 0 Å². The Labute approximate surface area is 163 Å². The maximum atomic E-state index is 6.33. The standard InChI is InChI=1S/C22H22N2O2S/c1-13-6-5-7-14(12-13)20-18(24-21(23)27-20)16-8-9-17(25-4)15-10-11-22(2,3)26-19(15)16/h5-12H,1-4H3,(H2,23,24). The Kier molecular flexibility index (Phi) is 4.19. The summed E-state index contributed by atoms with van der Waals surface area (Å²) in [6, 6.07) is 12.3. The zero-order chi connectivity index (χ0) is 19.2. The Morgan fingerprint density at radius 3 is 2.74 bits per heavy atom. The summed E-state index contributed by atoms with van der Waals surface area (Å²) in [5.74, 6) is 1.56. The van der Waals surface area contributed by atoms with Crippen molar-refractivity contribution in [2.75, 3.05) is 12.8 Å². The van der Waals surface area contributed by atoms with Crippen LogP contribution in [0.4, 0.5) is 5.13 Å². The third-order valence-electron chi connectivity index (χ3n) is 4.57. The minimum Gasteiger partial charge on any atom is -0.496 e. The van der Waals surface area contributed by atoms with Gasteiger partial charge in [-0.15, -0.1) is 0 Å². The molecule has 0 unspecified atom stereocenters. The molecule has 0 spiro atoms. The number of aromatic nitrogens is 1. The van der Waals surface area contributed by atoms with Gasteiger partial charge in [-0.25, -0.2) is 4.98 Å². The molecule has 0 aliphatic carbocycles. The fourth-order valence-electron chi connectivity index (χ4n) is 3.30. The van der Waals surface area contributed by atoms with Crippen LogP contribution in [0.25, 0.3) is 27.8 Å². The summed E-state index contributed by atoms with van der Waals surface area (Å²) in [6.07, 6.45) is 4.10. The normalized spacial score (nSPS) is 14.5. The fourth-order valence-corrected chi connectivity index (χ4v) is 4.14. The average molecular weight is 378 g/mol. The third-order valence-corrected chi connectivity index (χ3v) is 5.51. The first-order valence-electron chi connectivity index (χ1n) is 8.81. The summed E-state index contributed by atoms with van der Waals surface area (Å²) in [4.78, 5) is 5.69. The molecule has 4 rings (SSSR count). The van der Waals surface area contributed by atoms with Crippen molar-refractivity contribution < 1.29 is 9.47 Å². The van der Waals surface area contributed by atoms with E-state index in [-0.39, 0.29) is 0 Å². The number of hydrogen-bond donors (Lipinski definition) is 1. The number of nitrogen functional groups attached to an aromatic ring is 1. The Morgan fingerprint density at radius 1 is 1.19 bits per heavy atom. The monoisotopic (exact) mass is 378 g/mol. The number of nitrogens with two attached hydrogens (primary N) is 1. The average Bonchev–Trinajstić information content (AvgIpc) is 3.01. The molecule has 1 aromatic heterocycles. The Morgan fingerprint density at radius 2 is 2.00 bits per heavy atom. The molecule has 5 heteroatoms. The molecule has 0 radical (unpaired) electrons. The summed E-state index contributed by atoms with van der Waals surface area (Å²) in [5, 5.41) is 0.539. The topological polar surface area (TPSA) is 57.4 Å². The molecule has 1 aliphatic heterocycles. The van der Waals surface area contributed by atoms with Gasteiger partial charge in [-0.1, -0.05) is 41.2 Å². The van der Waals surface area contributed by atoms with Gasteiger partial charge in [0.15, 0.2) is 5.13 Å². The number of aryl methyl sites for hydroxylation is 1. The second-order valence-corrected chi connectivity index (χ2v) is 8.23. The van der Waals surface area contributed by atoms with Gasteiger partial charge >= 0.3 is 0 Å². The van der Waals surface area contributed by atoms with E-state index >= 15 is 0 Å². The molecule has 0 atom stereocenters. The number of anilines is 1. The van der Waals surface area contributed by atoms with Gasteiger partial charge < -0.3 is 15.2 Å². The molecule has 4 nitrogen and oxygen atoms in total. The van der Waals surface area contributed by atoms with Crippen LogP contribution in [0, 0.1) is 6.92 Å². The second kappa shape index (κ2) is 6.43. The fraction of sp³-hybridized carbons (Fsp3) is 0.227.